The molecule has 1 fully saturated rings. The molecule has 2 aromatic carbocycles. The Hall–Kier alpha value is -3.17. The predicted molar refractivity (Wildman–Crippen MR) is 117 cm³/mol. The molecule has 1 N–H and O–H groups in total. The van der Waals surface area contributed by atoms with Gasteiger partial charge in [0, 0.05) is 43.3 Å². The van der Waals surface area contributed by atoms with Crippen LogP contribution in [0.3, 0.4) is 0 Å². The number of nitriles is 1. The van der Waals surface area contributed by atoms with Crippen LogP contribution in [0.25, 0.3) is 10.9 Å². The van der Waals surface area contributed by atoms with Crippen LogP contribution in [-0.2, 0) is 6.42 Å². The Labute approximate surface area is 176 Å². The van der Waals surface area contributed by atoms with Crippen molar-refractivity contribution < 1.29 is 9.47 Å². The third-order valence-corrected chi connectivity index (χ3v) is 6.06. The van der Waals surface area contributed by atoms with Crippen molar-refractivity contribution in [2.24, 2.45) is 0 Å². The van der Waals surface area contributed by atoms with E-state index in [4.69, 9.17) is 9.47 Å². The van der Waals surface area contributed by atoms with E-state index in [-0.39, 0.29) is 0 Å². The fraction of sp³-hybridized carbons (Fsp3) is 0.375. The molecule has 0 unspecified atom stereocenters. The van der Waals surface area contributed by atoms with Crippen LogP contribution in [0.5, 0.6) is 11.5 Å². The van der Waals surface area contributed by atoms with Gasteiger partial charge in [-0.2, -0.15) is 5.26 Å². The number of rotatable bonds is 5. The Morgan fingerprint density at radius 2 is 1.90 bits per heavy atom. The second-order valence-corrected chi connectivity index (χ2v) is 7.93. The zero-order chi connectivity index (χ0) is 20.3. The molecule has 0 saturated carbocycles. The maximum atomic E-state index is 9.24. The number of fused-ring (bicyclic) bond motifs is 2. The number of hydrogen-bond acceptors (Lipinski definition) is 5. The average molecular weight is 402 g/mol. The molecule has 0 atom stereocenters. The van der Waals surface area contributed by atoms with Gasteiger partial charge in [0.05, 0.1) is 11.3 Å². The fourth-order valence-electron chi connectivity index (χ4n) is 4.44. The maximum Gasteiger partial charge on any atom is 0.184 e. The molecule has 3 heterocycles. The van der Waals surface area contributed by atoms with Gasteiger partial charge in [-0.15, -0.1) is 0 Å². The van der Waals surface area contributed by atoms with Crippen molar-refractivity contribution in [3.63, 3.8) is 0 Å². The number of nitrogens with one attached hydrogen (secondary N) is 1. The first-order chi connectivity index (χ1) is 14.8. The molecule has 6 nitrogen and oxygen atoms in total. The quantitative estimate of drug-likeness (QED) is 0.707. The van der Waals surface area contributed by atoms with Crippen LogP contribution in [0.1, 0.15) is 17.5 Å². The molecule has 0 radical (unpaired) electrons. The van der Waals surface area contributed by atoms with E-state index in [2.05, 4.69) is 45.1 Å². The van der Waals surface area contributed by atoms with E-state index >= 15 is 0 Å². The van der Waals surface area contributed by atoms with Crippen molar-refractivity contribution in [3.8, 4) is 17.6 Å². The minimum Gasteiger partial charge on any atom is -0.486 e. The van der Waals surface area contributed by atoms with Gasteiger partial charge in [-0.1, -0.05) is 12.1 Å². The zero-order valence-corrected chi connectivity index (χ0v) is 17.1. The number of benzene rings is 2. The van der Waals surface area contributed by atoms with Gasteiger partial charge >= 0.3 is 0 Å². The van der Waals surface area contributed by atoms with Crippen LogP contribution in [0.15, 0.2) is 42.6 Å². The molecule has 30 heavy (non-hydrogen) atoms. The number of aryl methyl sites for hydroxylation is 1. The molecule has 6 heteroatoms. The van der Waals surface area contributed by atoms with Crippen molar-refractivity contribution in [3.05, 3.63) is 53.7 Å². The number of H-pyrrole nitrogens is 1. The molecule has 0 aliphatic carbocycles. The van der Waals surface area contributed by atoms with Crippen LogP contribution in [0, 0.1) is 11.3 Å². The lowest BCUT2D eigenvalue weighted by atomic mass is 10.1. The van der Waals surface area contributed by atoms with Gasteiger partial charge in [0.15, 0.2) is 11.5 Å². The zero-order valence-electron chi connectivity index (χ0n) is 17.1. The Balaban J connectivity index is 1.14. The van der Waals surface area contributed by atoms with Gasteiger partial charge in [-0.25, -0.2) is 0 Å². The Kier molecular flexibility index (Phi) is 5.20. The first-order valence-corrected chi connectivity index (χ1v) is 10.7. The molecular formula is C24H26N4O2. The molecular weight excluding hydrogens is 376 g/mol. The number of piperazine rings is 1. The summed E-state index contributed by atoms with van der Waals surface area (Å²) in [6, 6.07) is 14.8. The third kappa shape index (κ3) is 3.69. The van der Waals surface area contributed by atoms with Gasteiger partial charge in [-0.05, 0) is 49.2 Å². The van der Waals surface area contributed by atoms with Crippen molar-refractivity contribution in [1.82, 2.24) is 9.88 Å². The minimum atomic E-state index is 0.619. The standard InChI is InChI=1S/C24H26N4O2/c25-16-19-17-26-21-7-6-18(15-20(19)21)3-2-8-27-9-11-28(12-10-27)22-4-1-5-23-24(22)30-14-13-29-23/h1,4-7,15,17,26H,2-3,8-14H2. The molecule has 0 spiro atoms. The second-order valence-electron chi connectivity index (χ2n) is 7.93. The summed E-state index contributed by atoms with van der Waals surface area (Å²) in [7, 11) is 0. The summed E-state index contributed by atoms with van der Waals surface area (Å²) in [5.41, 5.74) is 4.20. The van der Waals surface area contributed by atoms with Crippen molar-refractivity contribution >= 4 is 16.6 Å². The van der Waals surface area contributed by atoms with E-state index < -0.39 is 0 Å². The number of para-hydroxylation sites is 1. The second kappa shape index (κ2) is 8.29. The van der Waals surface area contributed by atoms with Crippen molar-refractivity contribution in [2.45, 2.75) is 12.8 Å². The van der Waals surface area contributed by atoms with Gasteiger partial charge < -0.3 is 19.4 Å². The summed E-state index contributed by atoms with van der Waals surface area (Å²) in [5.74, 6) is 1.76. The predicted octanol–water partition coefficient (Wildman–Crippen LogP) is 3.57. The largest absolute Gasteiger partial charge is 0.486 e. The molecule has 154 valence electrons. The highest BCUT2D eigenvalue weighted by molar-refractivity contribution is 5.86. The Morgan fingerprint density at radius 3 is 2.77 bits per heavy atom. The molecule has 0 bridgehead atoms. The summed E-state index contributed by atoms with van der Waals surface area (Å²) in [6.07, 6.45) is 3.94. The fourth-order valence-corrected chi connectivity index (χ4v) is 4.44. The first-order valence-electron chi connectivity index (χ1n) is 10.7. The molecule has 1 aromatic heterocycles. The lowest BCUT2D eigenvalue weighted by Gasteiger charge is -2.37. The van der Waals surface area contributed by atoms with Crippen molar-refractivity contribution in [1.29, 1.82) is 5.26 Å². The number of hydrogen-bond donors (Lipinski definition) is 1. The molecule has 5 rings (SSSR count). The number of anilines is 1. The van der Waals surface area contributed by atoms with Crippen LogP contribution in [0.4, 0.5) is 5.69 Å². The van der Waals surface area contributed by atoms with E-state index in [1.54, 1.807) is 6.20 Å². The third-order valence-electron chi connectivity index (χ3n) is 6.06. The Bertz CT molecular complexity index is 1080. The molecule has 2 aliphatic rings. The highest BCUT2D eigenvalue weighted by Crippen LogP contribution is 2.39. The molecule has 2 aliphatic heterocycles. The van der Waals surface area contributed by atoms with E-state index in [0.717, 1.165) is 79.2 Å². The summed E-state index contributed by atoms with van der Waals surface area (Å²) in [6.45, 7) is 6.45. The summed E-state index contributed by atoms with van der Waals surface area (Å²) in [4.78, 5) is 8.11. The van der Waals surface area contributed by atoms with Crippen molar-refractivity contribution in [2.75, 3.05) is 50.8 Å². The van der Waals surface area contributed by atoms with E-state index in [0.29, 0.717) is 13.2 Å². The molecule has 3 aromatic rings. The smallest absolute Gasteiger partial charge is 0.184 e. The van der Waals surface area contributed by atoms with Crippen LogP contribution >= 0.6 is 0 Å². The van der Waals surface area contributed by atoms with Crippen LogP contribution in [-0.4, -0.2) is 55.8 Å². The normalized spacial score (nSPS) is 16.6. The van der Waals surface area contributed by atoms with Crippen LogP contribution < -0.4 is 14.4 Å². The summed E-state index contributed by atoms with van der Waals surface area (Å²) >= 11 is 0. The van der Waals surface area contributed by atoms with Gasteiger partial charge in [0.1, 0.15) is 19.3 Å². The number of aromatic nitrogens is 1. The van der Waals surface area contributed by atoms with Gasteiger partial charge in [0.2, 0.25) is 0 Å². The number of nitrogens with zero attached hydrogens (tertiary/aromatic N) is 3. The van der Waals surface area contributed by atoms with E-state index in [1.807, 2.05) is 12.1 Å². The minimum absolute atomic E-state index is 0.619. The lowest BCUT2D eigenvalue weighted by Crippen LogP contribution is -2.46. The molecule has 0 amide bonds. The summed E-state index contributed by atoms with van der Waals surface area (Å²) < 4.78 is 11.6. The number of aromatic amines is 1. The molecule has 1 saturated heterocycles. The first kappa shape index (κ1) is 18.8. The van der Waals surface area contributed by atoms with E-state index in [9.17, 15) is 5.26 Å². The highest BCUT2D eigenvalue weighted by Gasteiger charge is 2.23. The van der Waals surface area contributed by atoms with Crippen LogP contribution in [0.2, 0.25) is 0 Å². The number of ether oxygens (including phenoxy) is 2. The van der Waals surface area contributed by atoms with Gasteiger partial charge in [-0.3, -0.25) is 4.90 Å². The monoisotopic (exact) mass is 402 g/mol. The topological polar surface area (TPSA) is 64.5 Å². The average Bonchev–Trinajstić information content (AvgIpc) is 3.22. The van der Waals surface area contributed by atoms with E-state index in [1.165, 1.54) is 5.56 Å². The Morgan fingerprint density at radius 1 is 1.03 bits per heavy atom. The maximum absolute atomic E-state index is 9.24. The SMILES string of the molecule is N#Cc1c[nH]c2ccc(CCCN3CCN(c4cccc5c4OCCO5)CC3)cc12. The van der Waals surface area contributed by atoms with Gasteiger partial charge in [0.25, 0.3) is 0 Å². The lowest BCUT2D eigenvalue weighted by molar-refractivity contribution is 0.171. The highest BCUT2D eigenvalue weighted by atomic mass is 16.6. The summed E-state index contributed by atoms with van der Waals surface area (Å²) in [5, 5.41) is 10.3.